The molecular formula is C25H21N5O2S. The Kier molecular flexibility index (Phi) is 6.16. The molecule has 2 aromatic heterocycles. The molecule has 0 aliphatic rings. The number of thioether (sulfide) groups is 1. The molecule has 0 spiro atoms. The van der Waals surface area contributed by atoms with E-state index in [1.54, 1.807) is 7.11 Å². The van der Waals surface area contributed by atoms with E-state index in [9.17, 15) is 0 Å². The minimum Gasteiger partial charge on any atom is -0.497 e. The van der Waals surface area contributed by atoms with Gasteiger partial charge in [0.15, 0.2) is 11.0 Å². The summed E-state index contributed by atoms with van der Waals surface area (Å²) in [4.78, 5) is 0. The highest BCUT2D eigenvalue weighted by Crippen LogP contribution is 2.31. The number of hydrogen-bond donors (Lipinski definition) is 0. The van der Waals surface area contributed by atoms with E-state index in [0.717, 1.165) is 33.5 Å². The van der Waals surface area contributed by atoms with Crippen molar-refractivity contribution in [3.05, 3.63) is 102 Å². The number of nitrogens with zero attached hydrogens (tertiary/aromatic N) is 5. The van der Waals surface area contributed by atoms with Gasteiger partial charge < -0.3 is 9.15 Å². The van der Waals surface area contributed by atoms with E-state index in [4.69, 9.17) is 9.15 Å². The number of methoxy groups -OCH3 is 1. The normalized spacial score (nSPS) is 10.9. The standard InChI is InChI=1S/C25H21N5O2S/c1-31-21-14-8-11-19(16-21)24-28-29-25(30(24)20-12-6-3-7-13-20)33-17-23-27-26-22(32-23)15-18-9-4-2-5-10-18/h2-14,16H,15,17H2,1H3. The van der Waals surface area contributed by atoms with Gasteiger partial charge in [-0.05, 0) is 29.8 Å². The largest absolute Gasteiger partial charge is 0.497 e. The molecule has 8 heteroatoms. The summed E-state index contributed by atoms with van der Waals surface area (Å²) in [6.45, 7) is 0. The lowest BCUT2D eigenvalue weighted by atomic mass is 10.2. The highest BCUT2D eigenvalue weighted by molar-refractivity contribution is 7.98. The highest BCUT2D eigenvalue weighted by Gasteiger charge is 2.18. The maximum absolute atomic E-state index is 5.86. The Morgan fingerprint density at radius 1 is 0.818 bits per heavy atom. The molecule has 0 saturated heterocycles. The van der Waals surface area contributed by atoms with Crippen LogP contribution in [0.15, 0.2) is 94.5 Å². The molecule has 0 saturated carbocycles. The minimum absolute atomic E-state index is 0.491. The fourth-order valence-corrected chi connectivity index (χ4v) is 4.23. The molecular weight excluding hydrogens is 434 g/mol. The van der Waals surface area contributed by atoms with Crippen LogP contribution in [-0.2, 0) is 12.2 Å². The van der Waals surface area contributed by atoms with Crippen LogP contribution >= 0.6 is 11.8 Å². The Morgan fingerprint density at radius 2 is 1.58 bits per heavy atom. The molecule has 2 heterocycles. The van der Waals surface area contributed by atoms with Crippen LogP contribution in [0.3, 0.4) is 0 Å². The van der Waals surface area contributed by atoms with E-state index in [1.165, 1.54) is 11.8 Å². The van der Waals surface area contributed by atoms with Crippen molar-refractivity contribution in [2.45, 2.75) is 17.3 Å². The summed E-state index contributed by atoms with van der Waals surface area (Å²) >= 11 is 1.50. The molecule has 164 valence electrons. The number of para-hydroxylation sites is 1. The van der Waals surface area contributed by atoms with Crippen molar-refractivity contribution in [2.75, 3.05) is 7.11 Å². The molecule has 0 unspecified atom stereocenters. The number of hydrogen-bond acceptors (Lipinski definition) is 7. The van der Waals surface area contributed by atoms with Crippen LogP contribution in [-0.4, -0.2) is 32.1 Å². The molecule has 0 atom stereocenters. The Labute approximate surface area is 195 Å². The van der Waals surface area contributed by atoms with Gasteiger partial charge in [-0.15, -0.1) is 20.4 Å². The lowest BCUT2D eigenvalue weighted by Gasteiger charge is -2.10. The monoisotopic (exact) mass is 455 g/mol. The van der Waals surface area contributed by atoms with Crippen molar-refractivity contribution in [1.82, 2.24) is 25.0 Å². The molecule has 3 aromatic carbocycles. The smallest absolute Gasteiger partial charge is 0.226 e. The van der Waals surface area contributed by atoms with Gasteiger partial charge in [-0.25, -0.2) is 0 Å². The SMILES string of the molecule is COc1cccc(-c2nnc(SCc3nnc(Cc4ccccc4)o3)n2-c2ccccc2)c1. The van der Waals surface area contributed by atoms with E-state index >= 15 is 0 Å². The van der Waals surface area contributed by atoms with Crippen LogP contribution in [0.2, 0.25) is 0 Å². The maximum Gasteiger partial charge on any atom is 0.226 e. The van der Waals surface area contributed by atoms with Gasteiger partial charge in [-0.3, -0.25) is 4.57 Å². The third-order valence-electron chi connectivity index (χ3n) is 5.01. The topological polar surface area (TPSA) is 78.9 Å². The maximum atomic E-state index is 5.86. The molecule has 0 aliphatic carbocycles. The summed E-state index contributed by atoms with van der Waals surface area (Å²) in [6.07, 6.45) is 0.610. The van der Waals surface area contributed by atoms with Gasteiger partial charge in [0.05, 0.1) is 19.3 Å². The fourth-order valence-electron chi connectivity index (χ4n) is 3.44. The van der Waals surface area contributed by atoms with Crippen LogP contribution in [0.4, 0.5) is 0 Å². The second kappa shape index (κ2) is 9.70. The summed E-state index contributed by atoms with van der Waals surface area (Å²) in [6, 6.07) is 27.9. The van der Waals surface area contributed by atoms with Crippen LogP contribution in [0.1, 0.15) is 17.3 Å². The van der Waals surface area contributed by atoms with Gasteiger partial charge in [0.25, 0.3) is 0 Å². The molecule has 0 aliphatic heterocycles. The minimum atomic E-state index is 0.491. The van der Waals surface area contributed by atoms with Crippen LogP contribution in [0, 0.1) is 0 Å². The van der Waals surface area contributed by atoms with E-state index in [1.807, 2.05) is 89.5 Å². The van der Waals surface area contributed by atoms with Crippen LogP contribution in [0.25, 0.3) is 17.1 Å². The molecule has 0 radical (unpaired) electrons. The zero-order chi connectivity index (χ0) is 22.5. The lowest BCUT2D eigenvalue weighted by Crippen LogP contribution is -2.00. The summed E-state index contributed by atoms with van der Waals surface area (Å²) in [5.41, 5.74) is 3.02. The summed E-state index contributed by atoms with van der Waals surface area (Å²) in [5, 5.41) is 18.1. The Morgan fingerprint density at radius 3 is 2.36 bits per heavy atom. The summed E-state index contributed by atoms with van der Waals surface area (Å²) < 4.78 is 13.3. The second-order valence-electron chi connectivity index (χ2n) is 7.25. The van der Waals surface area contributed by atoms with Crippen molar-refractivity contribution < 1.29 is 9.15 Å². The van der Waals surface area contributed by atoms with Gasteiger partial charge in [-0.2, -0.15) is 0 Å². The summed E-state index contributed by atoms with van der Waals surface area (Å²) in [7, 11) is 1.65. The van der Waals surface area contributed by atoms with Crippen molar-refractivity contribution in [2.24, 2.45) is 0 Å². The molecule has 7 nitrogen and oxygen atoms in total. The van der Waals surface area contributed by atoms with Gasteiger partial charge >= 0.3 is 0 Å². The van der Waals surface area contributed by atoms with Gasteiger partial charge in [0.2, 0.25) is 11.8 Å². The zero-order valence-electron chi connectivity index (χ0n) is 18.0. The zero-order valence-corrected chi connectivity index (χ0v) is 18.8. The van der Waals surface area contributed by atoms with Gasteiger partial charge in [0, 0.05) is 11.3 Å². The second-order valence-corrected chi connectivity index (χ2v) is 8.19. The number of ether oxygens (including phenoxy) is 1. The molecule has 0 N–H and O–H groups in total. The third kappa shape index (κ3) is 4.80. The molecule has 0 amide bonds. The molecule has 0 bridgehead atoms. The third-order valence-corrected chi connectivity index (χ3v) is 5.92. The van der Waals surface area contributed by atoms with Crippen molar-refractivity contribution >= 4 is 11.8 Å². The average Bonchev–Trinajstić information content (AvgIpc) is 3.51. The van der Waals surface area contributed by atoms with E-state index in [0.29, 0.717) is 24.0 Å². The lowest BCUT2D eigenvalue weighted by molar-refractivity contribution is 0.415. The fraction of sp³-hybridized carbons (Fsp3) is 0.120. The molecule has 0 fully saturated rings. The van der Waals surface area contributed by atoms with Crippen LogP contribution < -0.4 is 4.74 Å². The molecule has 5 rings (SSSR count). The molecule has 33 heavy (non-hydrogen) atoms. The Balaban J connectivity index is 1.40. The average molecular weight is 456 g/mol. The number of benzene rings is 3. The number of rotatable bonds is 8. The van der Waals surface area contributed by atoms with Gasteiger partial charge in [0.1, 0.15) is 5.75 Å². The summed E-state index contributed by atoms with van der Waals surface area (Å²) in [5.74, 6) is 3.14. The first-order chi connectivity index (χ1) is 16.3. The first-order valence-corrected chi connectivity index (χ1v) is 11.4. The van der Waals surface area contributed by atoms with Gasteiger partial charge in [-0.1, -0.05) is 72.4 Å². The highest BCUT2D eigenvalue weighted by atomic mass is 32.2. The van der Waals surface area contributed by atoms with Crippen molar-refractivity contribution in [3.8, 4) is 22.8 Å². The van der Waals surface area contributed by atoms with Crippen molar-refractivity contribution in [3.63, 3.8) is 0 Å². The van der Waals surface area contributed by atoms with Crippen LogP contribution in [0.5, 0.6) is 5.75 Å². The Hall–Kier alpha value is -3.91. The quantitative estimate of drug-likeness (QED) is 0.297. The van der Waals surface area contributed by atoms with E-state index in [-0.39, 0.29) is 0 Å². The predicted molar refractivity (Wildman–Crippen MR) is 126 cm³/mol. The van der Waals surface area contributed by atoms with E-state index < -0.39 is 0 Å². The predicted octanol–water partition coefficient (Wildman–Crippen LogP) is 5.21. The first kappa shape index (κ1) is 21.0. The van der Waals surface area contributed by atoms with Crippen molar-refractivity contribution in [1.29, 1.82) is 0 Å². The molecule has 5 aromatic rings. The van der Waals surface area contributed by atoms with E-state index in [2.05, 4.69) is 20.4 Å². The number of aromatic nitrogens is 5. The Bertz CT molecular complexity index is 1340. The first-order valence-electron chi connectivity index (χ1n) is 10.4.